The molecule has 0 bridgehead atoms. The molecule has 1 atom stereocenters. The molecule has 0 aromatic carbocycles. The van der Waals surface area contributed by atoms with E-state index >= 15 is 0 Å². The number of rotatable bonds is 3. The number of allylic oxidation sites excluding steroid dienone is 2. The first-order chi connectivity index (χ1) is 5.38. The van der Waals surface area contributed by atoms with Crippen LogP contribution in [0.25, 0.3) is 0 Å². The Labute approximate surface area is 68.4 Å². The van der Waals surface area contributed by atoms with Crippen LogP contribution in [0.2, 0.25) is 0 Å². The molecule has 11 heavy (non-hydrogen) atoms. The third kappa shape index (κ3) is 1.97. The third-order valence-electron chi connectivity index (χ3n) is 1.84. The highest BCUT2D eigenvalue weighted by Gasteiger charge is 1.99. The van der Waals surface area contributed by atoms with E-state index in [1.165, 1.54) is 0 Å². The normalized spacial score (nSPS) is 14.0. The fourth-order valence-corrected chi connectivity index (χ4v) is 1.24. The second kappa shape index (κ2) is 4.02. The Morgan fingerprint density at radius 2 is 2.00 bits per heavy atom. The van der Waals surface area contributed by atoms with Gasteiger partial charge in [0.15, 0.2) is 0 Å². The minimum Gasteiger partial charge on any atom is -0.348 e. The molecule has 1 nitrogen and oxygen atoms in total. The van der Waals surface area contributed by atoms with E-state index in [0.717, 1.165) is 6.42 Å². The van der Waals surface area contributed by atoms with E-state index in [1.807, 2.05) is 0 Å². The molecule has 1 aromatic rings. The molecule has 0 aliphatic rings. The van der Waals surface area contributed by atoms with Crippen molar-refractivity contribution in [2.75, 3.05) is 0 Å². The maximum atomic E-state index is 2.22. The first kappa shape index (κ1) is 8.12. The van der Waals surface area contributed by atoms with Gasteiger partial charge in [-0.15, -0.1) is 0 Å². The minimum absolute atomic E-state index is 0.537. The van der Waals surface area contributed by atoms with E-state index in [9.17, 15) is 0 Å². The van der Waals surface area contributed by atoms with Crippen LogP contribution in [-0.2, 0) is 0 Å². The molecule has 1 aromatic heterocycles. The van der Waals surface area contributed by atoms with Gasteiger partial charge in [0.25, 0.3) is 0 Å². The average molecular weight is 149 g/mol. The number of nitrogens with zero attached hydrogens (tertiary/aromatic N) is 1. The van der Waals surface area contributed by atoms with Crippen molar-refractivity contribution in [2.45, 2.75) is 26.3 Å². The topological polar surface area (TPSA) is 4.93 Å². The van der Waals surface area contributed by atoms with Crippen LogP contribution in [-0.4, -0.2) is 4.57 Å². The van der Waals surface area contributed by atoms with Crippen LogP contribution >= 0.6 is 0 Å². The molecular weight excluding hydrogens is 134 g/mol. The molecule has 0 radical (unpaired) electrons. The molecule has 0 saturated heterocycles. The summed E-state index contributed by atoms with van der Waals surface area (Å²) in [6, 6.07) is 4.66. The first-order valence-corrected chi connectivity index (χ1v) is 4.13. The zero-order valence-corrected chi connectivity index (χ0v) is 7.20. The zero-order chi connectivity index (χ0) is 8.10. The third-order valence-corrected chi connectivity index (χ3v) is 1.84. The quantitative estimate of drug-likeness (QED) is 0.582. The Morgan fingerprint density at radius 1 is 1.36 bits per heavy atom. The van der Waals surface area contributed by atoms with Crippen molar-refractivity contribution in [1.29, 1.82) is 0 Å². The smallest absolute Gasteiger partial charge is 0.0507 e. The standard InChI is InChI=1S/C10H15N/c1-3-7-10(4-2)11-8-5-6-9-11/h3,5-10H,4H2,1-2H3/b7-3-/t10-/m1/s1. The predicted molar refractivity (Wildman–Crippen MR) is 48.6 cm³/mol. The monoisotopic (exact) mass is 149 g/mol. The molecule has 1 heterocycles. The molecule has 0 amide bonds. The van der Waals surface area contributed by atoms with Crippen molar-refractivity contribution >= 4 is 0 Å². The number of hydrogen-bond donors (Lipinski definition) is 0. The van der Waals surface area contributed by atoms with Crippen LogP contribution < -0.4 is 0 Å². The van der Waals surface area contributed by atoms with Crippen molar-refractivity contribution in [1.82, 2.24) is 4.57 Å². The van der Waals surface area contributed by atoms with Gasteiger partial charge in [0.1, 0.15) is 0 Å². The predicted octanol–water partition coefficient (Wildman–Crippen LogP) is 3.02. The van der Waals surface area contributed by atoms with Crippen molar-refractivity contribution in [3.8, 4) is 0 Å². The lowest BCUT2D eigenvalue weighted by molar-refractivity contribution is 0.588. The summed E-state index contributed by atoms with van der Waals surface area (Å²) in [6.07, 6.45) is 9.69. The lowest BCUT2D eigenvalue weighted by atomic mass is 10.2. The Bertz CT molecular complexity index is 209. The summed E-state index contributed by atoms with van der Waals surface area (Å²) in [4.78, 5) is 0. The molecular formula is C10H15N. The van der Waals surface area contributed by atoms with Gasteiger partial charge in [-0.3, -0.25) is 0 Å². The lowest BCUT2D eigenvalue weighted by Crippen LogP contribution is -2.01. The molecule has 0 N–H and O–H groups in total. The maximum absolute atomic E-state index is 2.22. The molecule has 0 saturated carbocycles. The summed E-state index contributed by atoms with van der Waals surface area (Å²) < 4.78 is 2.22. The van der Waals surface area contributed by atoms with Gasteiger partial charge in [-0.2, -0.15) is 0 Å². The summed E-state index contributed by atoms with van der Waals surface area (Å²) in [6.45, 7) is 4.26. The molecule has 1 rings (SSSR count). The summed E-state index contributed by atoms with van der Waals surface area (Å²) in [5.74, 6) is 0. The van der Waals surface area contributed by atoms with Gasteiger partial charge in [-0.25, -0.2) is 0 Å². The summed E-state index contributed by atoms with van der Waals surface area (Å²) in [5, 5.41) is 0. The fourth-order valence-electron chi connectivity index (χ4n) is 1.24. The highest BCUT2D eigenvalue weighted by Crippen LogP contribution is 2.12. The van der Waals surface area contributed by atoms with Crippen molar-refractivity contribution in [3.63, 3.8) is 0 Å². The van der Waals surface area contributed by atoms with E-state index in [0.29, 0.717) is 6.04 Å². The summed E-state index contributed by atoms with van der Waals surface area (Å²) in [7, 11) is 0. The van der Waals surface area contributed by atoms with Gasteiger partial charge < -0.3 is 4.57 Å². The SMILES string of the molecule is C/C=C\[C@@H](CC)n1cccc1. The van der Waals surface area contributed by atoms with Crippen molar-refractivity contribution in [2.24, 2.45) is 0 Å². The molecule has 0 aliphatic carbocycles. The highest BCUT2D eigenvalue weighted by molar-refractivity contribution is 4.98. The number of aromatic nitrogens is 1. The molecule has 0 spiro atoms. The van der Waals surface area contributed by atoms with Crippen LogP contribution in [0.4, 0.5) is 0 Å². The molecule has 0 aliphatic heterocycles. The van der Waals surface area contributed by atoms with Crippen LogP contribution in [0, 0.1) is 0 Å². The van der Waals surface area contributed by atoms with Crippen molar-refractivity contribution < 1.29 is 0 Å². The van der Waals surface area contributed by atoms with Crippen molar-refractivity contribution in [3.05, 3.63) is 36.7 Å². The van der Waals surface area contributed by atoms with E-state index in [1.54, 1.807) is 0 Å². The zero-order valence-electron chi connectivity index (χ0n) is 7.20. The number of hydrogen-bond acceptors (Lipinski definition) is 0. The van der Waals surface area contributed by atoms with Gasteiger partial charge in [-0.05, 0) is 25.5 Å². The molecule has 0 fully saturated rings. The fraction of sp³-hybridized carbons (Fsp3) is 0.400. The van der Waals surface area contributed by atoms with Crippen LogP contribution in [0.1, 0.15) is 26.3 Å². The van der Waals surface area contributed by atoms with E-state index in [-0.39, 0.29) is 0 Å². The Kier molecular flexibility index (Phi) is 2.96. The van der Waals surface area contributed by atoms with Gasteiger partial charge in [0, 0.05) is 12.4 Å². The Balaban J connectivity index is 2.71. The second-order valence-electron chi connectivity index (χ2n) is 2.63. The van der Waals surface area contributed by atoms with Crippen LogP contribution in [0.5, 0.6) is 0 Å². The van der Waals surface area contributed by atoms with E-state index < -0.39 is 0 Å². The summed E-state index contributed by atoms with van der Waals surface area (Å²) in [5.41, 5.74) is 0. The van der Waals surface area contributed by atoms with E-state index in [4.69, 9.17) is 0 Å². The van der Waals surface area contributed by atoms with Gasteiger partial charge >= 0.3 is 0 Å². The maximum Gasteiger partial charge on any atom is 0.0507 e. The molecule has 60 valence electrons. The molecule has 0 unspecified atom stereocenters. The first-order valence-electron chi connectivity index (χ1n) is 4.13. The average Bonchev–Trinajstić information content (AvgIpc) is 2.52. The highest BCUT2D eigenvalue weighted by atomic mass is 15.0. The minimum atomic E-state index is 0.537. The van der Waals surface area contributed by atoms with Gasteiger partial charge in [-0.1, -0.05) is 19.1 Å². The van der Waals surface area contributed by atoms with Gasteiger partial charge in [0.05, 0.1) is 6.04 Å². The Morgan fingerprint density at radius 3 is 2.45 bits per heavy atom. The molecule has 1 heteroatoms. The summed E-state index contributed by atoms with van der Waals surface area (Å²) >= 11 is 0. The van der Waals surface area contributed by atoms with Crippen LogP contribution in [0.15, 0.2) is 36.7 Å². The lowest BCUT2D eigenvalue weighted by Gasteiger charge is -2.11. The van der Waals surface area contributed by atoms with Crippen LogP contribution in [0.3, 0.4) is 0 Å². The second-order valence-corrected chi connectivity index (χ2v) is 2.63. The van der Waals surface area contributed by atoms with Gasteiger partial charge in [0.2, 0.25) is 0 Å². The largest absolute Gasteiger partial charge is 0.348 e. The Hall–Kier alpha value is -0.980. The van der Waals surface area contributed by atoms with E-state index in [2.05, 4.69) is 55.1 Å².